The zero-order valence-corrected chi connectivity index (χ0v) is 15.3. The molecule has 1 N–H and O–H groups in total. The first-order valence-corrected chi connectivity index (χ1v) is 9.05. The van der Waals surface area contributed by atoms with Crippen LogP contribution >= 0.6 is 38.9 Å². The average Bonchev–Trinajstić information content (AvgIpc) is 2.95. The number of nitrogens with one attached hydrogen (secondary N) is 1. The van der Waals surface area contributed by atoms with Gasteiger partial charge in [-0.2, -0.15) is 0 Å². The molecule has 0 aliphatic carbocycles. The minimum Gasteiger partial charge on any atom is -0.486 e. The smallest absolute Gasteiger partial charge is 0.258 e. The predicted molar refractivity (Wildman–Crippen MR) is 97.7 cm³/mol. The van der Waals surface area contributed by atoms with Crippen LogP contribution in [0.5, 0.6) is 11.5 Å². The number of nitrogens with zero attached hydrogens (tertiary/aromatic N) is 1. The Hall–Kier alpha value is -1.83. The molecule has 0 saturated heterocycles. The van der Waals surface area contributed by atoms with Gasteiger partial charge in [0.05, 0.1) is 20.8 Å². The van der Waals surface area contributed by atoms with Gasteiger partial charge in [0.1, 0.15) is 13.2 Å². The number of carbonyl (C=O) groups is 1. The third-order valence-corrected chi connectivity index (χ3v) is 5.20. The predicted octanol–water partition coefficient (Wildman–Crippen LogP) is 4.74. The Morgan fingerprint density at radius 1 is 1.21 bits per heavy atom. The van der Waals surface area contributed by atoms with Gasteiger partial charge in [0.2, 0.25) is 0 Å². The second-order valence-electron chi connectivity index (χ2n) is 5.06. The number of carbonyl (C=O) groups excluding carboxylic acids is 1. The van der Waals surface area contributed by atoms with E-state index in [1.54, 1.807) is 18.2 Å². The zero-order chi connectivity index (χ0) is 16.7. The minimum absolute atomic E-state index is 0.308. The third kappa shape index (κ3) is 2.94. The number of anilines is 1. The van der Waals surface area contributed by atoms with Crippen LogP contribution in [0.25, 0.3) is 10.2 Å². The molecule has 0 unspecified atom stereocenters. The number of ether oxygens (including phenoxy) is 2. The second kappa shape index (κ2) is 6.23. The number of benzene rings is 2. The van der Waals surface area contributed by atoms with Crippen LogP contribution in [0.1, 0.15) is 10.4 Å². The van der Waals surface area contributed by atoms with Gasteiger partial charge in [0.25, 0.3) is 5.91 Å². The lowest BCUT2D eigenvalue weighted by Gasteiger charge is -2.17. The summed E-state index contributed by atoms with van der Waals surface area (Å²) in [4.78, 5) is 16.9. The van der Waals surface area contributed by atoms with Crippen molar-refractivity contribution in [3.8, 4) is 11.5 Å². The van der Waals surface area contributed by atoms with Crippen molar-refractivity contribution in [2.75, 3.05) is 18.5 Å². The van der Waals surface area contributed by atoms with Crippen molar-refractivity contribution < 1.29 is 14.3 Å². The summed E-state index contributed by atoms with van der Waals surface area (Å²) in [6, 6.07) is 8.82. The van der Waals surface area contributed by atoms with Crippen molar-refractivity contribution in [3.63, 3.8) is 0 Å². The van der Waals surface area contributed by atoms with Crippen molar-refractivity contribution in [1.29, 1.82) is 0 Å². The van der Waals surface area contributed by atoms with Crippen molar-refractivity contribution in [1.82, 2.24) is 4.98 Å². The molecule has 1 aliphatic rings. The Morgan fingerprint density at radius 3 is 2.75 bits per heavy atom. The molecule has 0 bridgehead atoms. The summed E-state index contributed by atoms with van der Waals surface area (Å²) in [5.41, 5.74) is 1.14. The standard InChI is InChI=1S/C16H10BrClN2O3S/c17-8-1-2-10(18)9(5-8)15(21)20-16-19-11-6-12-13(7-14(11)24-16)23-4-3-22-12/h1-2,5-7H,3-4H2,(H,19,20,21). The van der Waals surface area contributed by atoms with Crippen LogP contribution in [0, 0.1) is 0 Å². The summed E-state index contributed by atoms with van der Waals surface area (Å²) in [5, 5.41) is 3.67. The van der Waals surface area contributed by atoms with E-state index in [2.05, 4.69) is 26.2 Å². The average molecular weight is 426 g/mol. The number of halogens is 2. The van der Waals surface area contributed by atoms with Crippen LogP contribution in [0.3, 0.4) is 0 Å². The lowest BCUT2D eigenvalue weighted by atomic mass is 10.2. The van der Waals surface area contributed by atoms with Gasteiger partial charge in [-0.25, -0.2) is 4.98 Å². The highest BCUT2D eigenvalue weighted by molar-refractivity contribution is 9.10. The first-order valence-electron chi connectivity index (χ1n) is 7.07. The summed E-state index contributed by atoms with van der Waals surface area (Å²) >= 11 is 10.8. The Balaban J connectivity index is 1.64. The minimum atomic E-state index is -0.308. The van der Waals surface area contributed by atoms with Crippen LogP contribution in [0.15, 0.2) is 34.8 Å². The highest BCUT2D eigenvalue weighted by Crippen LogP contribution is 2.38. The maximum Gasteiger partial charge on any atom is 0.258 e. The molecule has 5 nitrogen and oxygen atoms in total. The second-order valence-corrected chi connectivity index (χ2v) is 7.41. The van der Waals surface area contributed by atoms with Gasteiger partial charge in [-0.3, -0.25) is 10.1 Å². The Bertz CT molecular complexity index is 917. The first kappa shape index (κ1) is 15.7. The molecule has 2 aromatic carbocycles. The van der Waals surface area contributed by atoms with Gasteiger partial charge in [-0.15, -0.1) is 0 Å². The van der Waals surface area contributed by atoms with E-state index < -0.39 is 0 Å². The molecule has 1 aromatic heterocycles. The van der Waals surface area contributed by atoms with Gasteiger partial charge in [0, 0.05) is 16.6 Å². The fourth-order valence-corrected chi connectivity index (χ4v) is 3.79. The van der Waals surface area contributed by atoms with Gasteiger partial charge >= 0.3 is 0 Å². The largest absolute Gasteiger partial charge is 0.486 e. The number of hydrogen-bond donors (Lipinski definition) is 1. The summed E-state index contributed by atoms with van der Waals surface area (Å²) in [5.74, 6) is 1.06. The van der Waals surface area contributed by atoms with Gasteiger partial charge in [0.15, 0.2) is 16.6 Å². The monoisotopic (exact) mass is 424 g/mol. The van der Waals surface area contributed by atoms with Gasteiger partial charge in [-0.05, 0) is 18.2 Å². The maximum absolute atomic E-state index is 12.4. The SMILES string of the molecule is O=C(Nc1nc2cc3c(cc2s1)OCCO3)c1cc(Br)ccc1Cl. The Kier molecular flexibility index (Phi) is 4.07. The lowest BCUT2D eigenvalue weighted by Crippen LogP contribution is -2.15. The van der Waals surface area contributed by atoms with E-state index in [9.17, 15) is 4.79 Å². The fraction of sp³-hybridized carbons (Fsp3) is 0.125. The summed E-state index contributed by atoms with van der Waals surface area (Å²) in [7, 11) is 0. The summed E-state index contributed by atoms with van der Waals surface area (Å²) in [6.07, 6.45) is 0. The molecule has 4 rings (SSSR count). The molecule has 0 saturated carbocycles. The number of fused-ring (bicyclic) bond motifs is 2. The highest BCUT2D eigenvalue weighted by atomic mass is 79.9. The molecule has 1 aliphatic heterocycles. The van der Waals surface area contributed by atoms with Crippen LogP contribution in [0.2, 0.25) is 5.02 Å². The van der Waals surface area contributed by atoms with Crippen molar-refractivity contribution in [3.05, 3.63) is 45.4 Å². The van der Waals surface area contributed by atoms with Crippen LogP contribution < -0.4 is 14.8 Å². The van der Waals surface area contributed by atoms with E-state index in [4.69, 9.17) is 21.1 Å². The molecular formula is C16H10BrClN2O3S. The van der Waals surface area contributed by atoms with E-state index in [0.717, 1.165) is 14.7 Å². The van der Waals surface area contributed by atoms with E-state index in [0.29, 0.717) is 40.4 Å². The zero-order valence-electron chi connectivity index (χ0n) is 12.1. The number of aromatic nitrogens is 1. The van der Waals surface area contributed by atoms with E-state index >= 15 is 0 Å². The van der Waals surface area contributed by atoms with Crippen molar-refractivity contribution >= 4 is 60.1 Å². The van der Waals surface area contributed by atoms with Crippen LogP contribution in [-0.4, -0.2) is 24.1 Å². The molecule has 24 heavy (non-hydrogen) atoms. The summed E-state index contributed by atoms with van der Waals surface area (Å²) in [6.45, 7) is 1.05. The molecule has 8 heteroatoms. The molecule has 0 radical (unpaired) electrons. The number of hydrogen-bond acceptors (Lipinski definition) is 5. The van der Waals surface area contributed by atoms with Crippen LogP contribution in [-0.2, 0) is 0 Å². The Morgan fingerprint density at radius 2 is 1.96 bits per heavy atom. The molecule has 2 heterocycles. The number of thiazole rings is 1. The molecule has 0 spiro atoms. The summed E-state index contributed by atoms with van der Waals surface area (Å²) < 4.78 is 12.8. The number of rotatable bonds is 2. The molecule has 3 aromatic rings. The normalized spacial score (nSPS) is 13.1. The van der Waals surface area contributed by atoms with Gasteiger partial charge in [-0.1, -0.05) is 38.9 Å². The topological polar surface area (TPSA) is 60.5 Å². The van der Waals surface area contributed by atoms with Crippen molar-refractivity contribution in [2.45, 2.75) is 0 Å². The molecular weight excluding hydrogens is 416 g/mol. The molecule has 0 fully saturated rings. The third-order valence-electron chi connectivity index (χ3n) is 3.45. The lowest BCUT2D eigenvalue weighted by molar-refractivity contribution is 0.102. The van der Waals surface area contributed by atoms with E-state index in [1.807, 2.05) is 12.1 Å². The molecule has 1 amide bonds. The van der Waals surface area contributed by atoms with E-state index in [1.165, 1.54) is 11.3 Å². The van der Waals surface area contributed by atoms with Gasteiger partial charge < -0.3 is 9.47 Å². The van der Waals surface area contributed by atoms with Crippen molar-refractivity contribution in [2.24, 2.45) is 0 Å². The quantitative estimate of drug-likeness (QED) is 0.644. The van der Waals surface area contributed by atoms with E-state index in [-0.39, 0.29) is 5.91 Å². The molecule has 0 atom stereocenters. The molecule has 122 valence electrons. The fourth-order valence-electron chi connectivity index (χ4n) is 2.35. The Labute approximate surface area is 154 Å². The maximum atomic E-state index is 12.4. The number of amides is 1. The van der Waals surface area contributed by atoms with Crippen LogP contribution in [0.4, 0.5) is 5.13 Å². The highest BCUT2D eigenvalue weighted by Gasteiger charge is 2.17. The first-order chi connectivity index (χ1) is 11.6.